The lowest BCUT2D eigenvalue weighted by molar-refractivity contribution is -0.120. The summed E-state index contributed by atoms with van der Waals surface area (Å²) in [5.74, 6) is -2.27. The molecule has 12 heteroatoms. The first-order chi connectivity index (χ1) is 18.9. The monoisotopic (exact) mass is 595 g/mol. The van der Waals surface area contributed by atoms with E-state index in [1.54, 1.807) is 20.8 Å². The van der Waals surface area contributed by atoms with Crippen LogP contribution in [0.25, 0.3) is 0 Å². The first-order valence-corrected chi connectivity index (χ1v) is 14.3. The van der Waals surface area contributed by atoms with Crippen LogP contribution in [-0.2, 0) is 20.8 Å². The minimum Gasteiger partial charge on any atom is -0.444 e. The topological polar surface area (TPSA) is 97.0 Å². The van der Waals surface area contributed by atoms with Crippen molar-refractivity contribution in [1.29, 1.82) is 0 Å². The van der Waals surface area contributed by atoms with Gasteiger partial charge in [-0.2, -0.15) is 0 Å². The highest BCUT2D eigenvalue weighted by atomic mass is 35.5. The SMILES string of the molecule is CC(C)(C)OC(=O)N[C@H]1CSc2cc(F)c(C(=O)NCC3CCOCC3)cc2N(Cc2ccc(Cl)cc2F)C1=O. The number of nitrogens with one attached hydrogen (secondary N) is 2. The van der Waals surface area contributed by atoms with Gasteiger partial charge in [-0.1, -0.05) is 17.7 Å². The van der Waals surface area contributed by atoms with Crippen molar-refractivity contribution in [2.45, 2.75) is 56.7 Å². The summed E-state index contributed by atoms with van der Waals surface area (Å²) in [5, 5.41) is 5.55. The molecule has 0 aromatic heterocycles. The summed E-state index contributed by atoms with van der Waals surface area (Å²) in [4.78, 5) is 40.9. The number of benzene rings is 2. The number of hydrogen-bond acceptors (Lipinski definition) is 6. The molecule has 0 spiro atoms. The van der Waals surface area contributed by atoms with Crippen LogP contribution in [-0.4, -0.2) is 55.1 Å². The summed E-state index contributed by atoms with van der Waals surface area (Å²) in [7, 11) is 0. The summed E-state index contributed by atoms with van der Waals surface area (Å²) in [6.07, 6.45) is 0.796. The number of amides is 3. The van der Waals surface area contributed by atoms with Gasteiger partial charge in [0.15, 0.2) is 0 Å². The van der Waals surface area contributed by atoms with Crippen LogP contribution in [0.4, 0.5) is 19.3 Å². The summed E-state index contributed by atoms with van der Waals surface area (Å²) in [6, 6.07) is 5.51. The number of thioether (sulfide) groups is 1. The van der Waals surface area contributed by atoms with Crippen molar-refractivity contribution in [1.82, 2.24) is 10.6 Å². The van der Waals surface area contributed by atoms with Crippen molar-refractivity contribution in [3.63, 3.8) is 0 Å². The van der Waals surface area contributed by atoms with Gasteiger partial charge >= 0.3 is 6.09 Å². The smallest absolute Gasteiger partial charge is 0.408 e. The van der Waals surface area contributed by atoms with Gasteiger partial charge in [-0.15, -0.1) is 11.8 Å². The van der Waals surface area contributed by atoms with Crippen LogP contribution in [0.5, 0.6) is 0 Å². The lowest BCUT2D eigenvalue weighted by Gasteiger charge is -2.27. The zero-order valence-corrected chi connectivity index (χ0v) is 24.1. The Labute approximate surface area is 241 Å². The Morgan fingerprint density at radius 1 is 1.15 bits per heavy atom. The Hall–Kier alpha value is -2.89. The van der Waals surface area contributed by atoms with Crippen LogP contribution >= 0.6 is 23.4 Å². The third-order valence-electron chi connectivity index (χ3n) is 6.48. The Balaban J connectivity index is 1.65. The lowest BCUT2D eigenvalue weighted by Crippen LogP contribution is -2.50. The van der Waals surface area contributed by atoms with Gasteiger partial charge in [0.1, 0.15) is 23.3 Å². The third-order valence-corrected chi connectivity index (χ3v) is 7.85. The van der Waals surface area contributed by atoms with Crippen molar-refractivity contribution < 1.29 is 32.6 Å². The molecule has 4 rings (SSSR count). The quantitative estimate of drug-likeness (QED) is 0.470. The first-order valence-electron chi connectivity index (χ1n) is 13.0. The zero-order valence-electron chi connectivity index (χ0n) is 22.5. The van der Waals surface area contributed by atoms with E-state index in [9.17, 15) is 18.8 Å². The van der Waals surface area contributed by atoms with Crippen LogP contribution in [0.1, 0.15) is 49.5 Å². The van der Waals surface area contributed by atoms with Gasteiger partial charge in [0.25, 0.3) is 11.8 Å². The number of carbonyl (C=O) groups excluding carboxylic acids is 3. The van der Waals surface area contributed by atoms with Crippen molar-refractivity contribution in [2.24, 2.45) is 5.92 Å². The second-order valence-electron chi connectivity index (χ2n) is 10.7. The molecule has 1 atom stereocenters. The van der Waals surface area contributed by atoms with E-state index in [2.05, 4.69) is 10.6 Å². The summed E-state index contributed by atoms with van der Waals surface area (Å²) in [5.41, 5.74) is -0.646. The fraction of sp³-hybridized carbons (Fsp3) is 0.464. The molecular formula is C28H32ClF2N3O5S. The standard InChI is InChI=1S/C28H32ClF2N3O5S/c1-28(2,3)39-27(37)33-22-15-40-24-12-21(31)19(25(35)32-13-16-6-8-38-9-7-16)11-23(24)34(26(22)36)14-17-4-5-18(29)10-20(17)30/h4-5,10-12,16,22H,6-9,13-15H2,1-3H3,(H,32,35)(H,33,37)/t22-/m0/s1. The average Bonchev–Trinajstić information content (AvgIpc) is 2.99. The number of alkyl carbamates (subject to hydrolysis) is 1. The maximum absolute atomic E-state index is 15.2. The second-order valence-corrected chi connectivity index (χ2v) is 12.2. The molecule has 2 aliphatic heterocycles. The van der Waals surface area contributed by atoms with Crippen molar-refractivity contribution in [2.75, 3.05) is 30.4 Å². The molecule has 2 aromatic rings. The van der Waals surface area contributed by atoms with Gasteiger partial charge in [-0.25, -0.2) is 13.6 Å². The molecule has 40 heavy (non-hydrogen) atoms. The van der Waals surface area contributed by atoms with Gasteiger partial charge < -0.3 is 25.0 Å². The van der Waals surface area contributed by atoms with Crippen LogP contribution in [0.2, 0.25) is 5.02 Å². The van der Waals surface area contributed by atoms with E-state index in [-0.39, 0.29) is 40.1 Å². The molecular weight excluding hydrogens is 564 g/mol. The van der Waals surface area contributed by atoms with Crippen LogP contribution in [0.3, 0.4) is 0 Å². The molecule has 2 heterocycles. The molecule has 0 aliphatic carbocycles. The molecule has 8 nitrogen and oxygen atoms in total. The molecule has 1 saturated heterocycles. The summed E-state index contributed by atoms with van der Waals surface area (Å²) in [6.45, 7) is 6.44. The molecule has 2 N–H and O–H groups in total. The van der Waals surface area contributed by atoms with Crippen LogP contribution in [0, 0.1) is 17.6 Å². The van der Waals surface area contributed by atoms with E-state index in [4.69, 9.17) is 21.1 Å². The van der Waals surface area contributed by atoms with Crippen molar-refractivity contribution in [3.05, 3.63) is 58.1 Å². The van der Waals surface area contributed by atoms with E-state index >= 15 is 4.39 Å². The number of anilines is 1. The van der Waals surface area contributed by atoms with E-state index in [0.29, 0.717) is 24.7 Å². The number of carbonyl (C=O) groups is 3. The van der Waals surface area contributed by atoms with Crippen molar-refractivity contribution >= 4 is 47.0 Å². The predicted molar refractivity (Wildman–Crippen MR) is 149 cm³/mol. The number of fused-ring (bicyclic) bond motifs is 1. The number of halogens is 3. The highest BCUT2D eigenvalue weighted by molar-refractivity contribution is 7.99. The van der Waals surface area contributed by atoms with E-state index in [1.807, 2.05) is 0 Å². The van der Waals surface area contributed by atoms with Gasteiger partial charge in [0.2, 0.25) is 0 Å². The van der Waals surface area contributed by atoms with Gasteiger partial charge in [0.05, 0.1) is 17.8 Å². The Morgan fingerprint density at radius 3 is 2.55 bits per heavy atom. The number of hydrogen-bond donors (Lipinski definition) is 2. The highest BCUT2D eigenvalue weighted by Gasteiger charge is 2.35. The first kappa shape index (κ1) is 30.1. The molecule has 0 bridgehead atoms. The maximum Gasteiger partial charge on any atom is 0.408 e. The number of rotatable bonds is 6. The number of ether oxygens (including phenoxy) is 2. The molecule has 1 fully saturated rings. The Kier molecular flexibility index (Phi) is 9.58. The molecule has 3 amide bonds. The third kappa shape index (κ3) is 7.64. The highest BCUT2D eigenvalue weighted by Crippen LogP contribution is 2.38. The molecule has 2 aromatic carbocycles. The van der Waals surface area contributed by atoms with Crippen LogP contribution in [0.15, 0.2) is 35.2 Å². The van der Waals surface area contributed by atoms with Gasteiger partial charge in [-0.3, -0.25) is 9.59 Å². The number of nitrogens with zero attached hydrogens (tertiary/aromatic N) is 1. The summed E-state index contributed by atoms with van der Waals surface area (Å²) >= 11 is 7.05. The normalized spacial score (nSPS) is 18.1. The second kappa shape index (κ2) is 12.7. The lowest BCUT2D eigenvalue weighted by atomic mass is 10.0. The summed E-state index contributed by atoms with van der Waals surface area (Å²) < 4.78 is 40.7. The maximum atomic E-state index is 15.2. The Morgan fingerprint density at radius 2 is 1.88 bits per heavy atom. The largest absolute Gasteiger partial charge is 0.444 e. The van der Waals surface area contributed by atoms with Gasteiger partial charge in [0, 0.05) is 41.0 Å². The van der Waals surface area contributed by atoms with E-state index in [0.717, 1.165) is 30.7 Å². The van der Waals surface area contributed by atoms with Crippen molar-refractivity contribution in [3.8, 4) is 0 Å². The van der Waals surface area contributed by atoms with E-state index in [1.165, 1.54) is 29.2 Å². The molecule has 0 radical (unpaired) electrons. The molecule has 2 aliphatic rings. The fourth-order valence-corrected chi connectivity index (χ4v) is 5.65. The predicted octanol–water partition coefficient (Wildman–Crippen LogP) is 5.31. The van der Waals surface area contributed by atoms with Crippen LogP contribution < -0.4 is 15.5 Å². The minimum atomic E-state index is -1.06. The minimum absolute atomic E-state index is 0.0689. The molecule has 0 unspecified atom stereocenters. The molecule has 0 saturated carbocycles. The fourth-order valence-electron chi connectivity index (χ4n) is 4.41. The Bertz CT molecular complexity index is 1280. The van der Waals surface area contributed by atoms with E-state index < -0.39 is 41.2 Å². The van der Waals surface area contributed by atoms with Gasteiger partial charge in [-0.05, 0) is 63.8 Å². The average molecular weight is 596 g/mol. The zero-order chi connectivity index (χ0) is 29.0. The molecule has 216 valence electrons.